The van der Waals surface area contributed by atoms with Crippen LogP contribution >= 0.6 is 0 Å². The molecule has 46 heavy (non-hydrogen) atoms. The number of aromatic amines is 2. The Morgan fingerprint density at radius 3 is 2.11 bits per heavy atom. The zero-order valence-corrected chi connectivity index (χ0v) is 25.7. The maximum Gasteiger partial charge on any atom is 0.408 e. The number of rotatable bonds is 11. The van der Waals surface area contributed by atoms with Crippen LogP contribution in [-0.4, -0.2) is 42.1 Å². The van der Waals surface area contributed by atoms with Crippen LogP contribution in [0.25, 0.3) is 22.1 Å². The highest BCUT2D eigenvalue weighted by atomic mass is 16.5. The van der Waals surface area contributed by atoms with E-state index < -0.39 is 18.2 Å². The van der Waals surface area contributed by atoms with Crippen molar-refractivity contribution in [1.82, 2.24) is 30.2 Å². The fourth-order valence-electron chi connectivity index (χ4n) is 5.46. The first kappa shape index (κ1) is 30.4. The second-order valence-corrected chi connectivity index (χ2v) is 11.4. The van der Waals surface area contributed by atoms with Gasteiger partial charge in [0.2, 0.25) is 0 Å². The molecule has 0 unspecified atom stereocenters. The Kier molecular flexibility index (Phi) is 8.96. The predicted molar refractivity (Wildman–Crippen MR) is 176 cm³/mol. The maximum atomic E-state index is 12.3. The van der Waals surface area contributed by atoms with Gasteiger partial charge in [-0.05, 0) is 73.2 Å². The zero-order chi connectivity index (χ0) is 32.0. The van der Waals surface area contributed by atoms with Gasteiger partial charge in [-0.3, -0.25) is 4.90 Å². The third-order valence-electron chi connectivity index (χ3n) is 8.09. The number of carbonyl (C=O) groups is 2. The summed E-state index contributed by atoms with van der Waals surface area (Å²) in [7, 11) is 0. The van der Waals surface area contributed by atoms with E-state index in [2.05, 4.69) is 44.5 Å². The monoisotopic (exact) mass is 616 g/mol. The van der Waals surface area contributed by atoms with Gasteiger partial charge in [0.25, 0.3) is 0 Å². The Morgan fingerprint density at radius 1 is 0.761 bits per heavy atom. The second-order valence-electron chi connectivity index (χ2n) is 11.4. The number of alkyl carbamates (subject to hydrolysis) is 1. The van der Waals surface area contributed by atoms with Gasteiger partial charge in [0.1, 0.15) is 18.3 Å². The maximum absolute atomic E-state index is 12.3. The molecule has 2 atom stereocenters. The van der Waals surface area contributed by atoms with Gasteiger partial charge in [0, 0.05) is 6.54 Å². The molecule has 10 nitrogen and oxygen atoms in total. The molecule has 10 heteroatoms. The molecule has 0 aliphatic carbocycles. The molecule has 6 aromatic rings. The Balaban J connectivity index is 1.07. The average Bonchev–Trinajstić information content (AvgIpc) is 3.70. The Morgan fingerprint density at radius 2 is 1.39 bits per heavy atom. The van der Waals surface area contributed by atoms with E-state index in [4.69, 9.17) is 9.72 Å². The summed E-state index contributed by atoms with van der Waals surface area (Å²) in [5, 5.41) is 12.7. The van der Waals surface area contributed by atoms with Crippen LogP contribution in [0.2, 0.25) is 0 Å². The molecule has 2 heterocycles. The van der Waals surface area contributed by atoms with Gasteiger partial charge in [-0.2, -0.15) is 0 Å². The molecule has 0 aliphatic rings. The molecule has 0 fully saturated rings. The van der Waals surface area contributed by atoms with Crippen LogP contribution in [0.3, 0.4) is 0 Å². The number of fused-ring (bicyclic) bond motifs is 2. The van der Waals surface area contributed by atoms with E-state index in [1.165, 1.54) is 4.90 Å². The van der Waals surface area contributed by atoms with Crippen molar-refractivity contribution in [3.63, 3.8) is 0 Å². The van der Waals surface area contributed by atoms with Crippen LogP contribution in [0.15, 0.2) is 97.1 Å². The topological polar surface area (TPSA) is 136 Å². The number of ether oxygens (including phenoxy) is 1. The molecule has 0 spiro atoms. The first-order chi connectivity index (χ1) is 22.3. The number of amides is 2. The number of aryl methyl sites for hydroxylation is 2. The van der Waals surface area contributed by atoms with Crippen molar-refractivity contribution in [3.8, 4) is 0 Å². The fraction of sp³-hybridized carbons (Fsp3) is 0.222. The molecule has 4 aromatic carbocycles. The van der Waals surface area contributed by atoms with Crippen molar-refractivity contribution in [2.24, 2.45) is 0 Å². The minimum absolute atomic E-state index is 0.203. The van der Waals surface area contributed by atoms with Crippen LogP contribution in [0.4, 0.5) is 9.59 Å². The fourth-order valence-corrected chi connectivity index (χ4v) is 5.46. The van der Waals surface area contributed by atoms with Gasteiger partial charge >= 0.3 is 12.2 Å². The number of benzene rings is 4. The number of imidazole rings is 2. The lowest BCUT2D eigenvalue weighted by Gasteiger charge is -2.25. The number of nitrogens with zero attached hydrogens (tertiary/aromatic N) is 3. The van der Waals surface area contributed by atoms with Gasteiger partial charge < -0.3 is 25.1 Å². The lowest BCUT2D eigenvalue weighted by atomic mass is 10.0. The van der Waals surface area contributed by atoms with Gasteiger partial charge in [-0.15, -0.1) is 0 Å². The van der Waals surface area contributed by atoms with E-state index in [0.29, 0.717) is 11.6 Å². The van der Waals surface area contributed by atoms with Crippen LogP contribution in [0, 0.1) is 0 Å². The summed E-state index contributed by atoms with van der Waals surface area (Å²) < 4.78 is 5.34. The van der Waals surface area contributed by atoms with Crippen LogP contribution in [-0.2, 0) is 30.7 Å². The third kappa shape index (κ3) is 7.18. The standard InChI is InChI=1S/C36H36N6O4/c1-23(37-35(43)46-22-28-11-7-4-8-12-28)33-38-29-17-15-25(19-31(29)40-33)13-14-26-16-18-30-32(20-26)41-34(39-30)24(2)42(36(44)45)21-27-9-5-3-6-10-27/h3-12,15-20,23-24H,13-14,21-22H2,1-2H3,(H,37,43)(H,38,40)(H,39,41)(H,44,45)/t23-,24-/m0/s1. The highest BCUT2D eigenvalue weighted by Gasteiger charge is 2.24. The number of aromatic nitrogens is 4. The minimum atomic E-state index is -0.995. The molecule has 0 bridgehead atoms. The lowest BCUT2D eigenvalue weighted by molar-refractivity contribution is 0.122. The number of nitrogens with one attached hydrogen (secondary N) is 3. The molecule has 0 radical (unpaired) electrons. The highest BCUT2D eigenvalue weighted by Crippen LogP contribution is 2.25. The Bertz CT molecular complexity index is 1950. The van der Waals surface area contributed by atoms with E-state index in [0.717, 1.165) is 57.2 Å². The largest absolute Gasteiger partial charge is 0.465 e. The van der Waals surface area contributed by atoms with Crippen molar-refractivity contribution in [2.75, 3.05) is 0 Å². The lowest BCUT2D eigenvalue weighted by Crippen LogP contribution is -2.32. The summed E-state index contributed by atoms with van der Waals surface area (Å²) in [5.41, 5.74) is 7.54. The number of H-pyrrole nitrogens is 2. The normalized spacial score (nSPS) is 12.6. The first-order valence-electron chi connectivity index (χ1n) is 15.3. The van der Waals surface area contributed by atoms with Crippen LogP contribution in [0.1, 0.15) is 59.8 Å². The summed E-state index contributed by atoms with van der Waals surface area (Å²) >= 11 is 0. The number of hydrogen-bond donors (Lipinski definition) is 4. The predicted octanol–water partition coefficient (Wildman–Crippen LogP) is 7.45. The van der Waals surface area contributed by atoms with Gasteiger partial charge in [-0.1, -0.05) is 72.8 Å². The molecule has 234 valence electrons. The summed E-state index contributed by atoms with van der Waals surface area (Å²) in [5.74, 6) is 1.27. The average molecular weight is 617 g/mol. The quantitative estimate of drug-likeness (QED) is 0.119. The Hall–Kier alpha value is -5.64. The van der Waals surface area contributed by atoms with Crippen molar-refractivity contribution in [2.45, 2.75) is 51.9 Å². The summed E-state index contributed by atoms with van der Waals surface area (Å²) in [6.07, 6.45) is 0.124. The molecular formula is C36H36N6O4. The summed E-state index contributed by atoms with van der Waals surface area (Å²) in [6, 6.07) is 30.6. The van der Waals surface area contributed by atoms with Crippen LogP contribution in [0.5, 0.6) is 0 Å². The van der Waals surface area contributed by atoms with E-state index in [-0.39, 0.29) is 19.2 Å². The molecule has 2 aromatic heterocycles. The zero-order valence-electron chi connectivity index (χ0n) is 25.7. The van der Waals surface area contributed by atoms with E-state index >= 15 is 0 Å². The molecule has 2 amide bonds. The van der Waals surface area contributed by atoms with Gasteiger partial charge in [0.05, 0.1) is 34.2 Å². The van der Waals surface area contributed by atoms with Crippen molar-refractivity contribution >= 4 is 34.3 Å². The number of carbonyl (C=O) groups excluding carboxylic acids is 1. The SMILES string of the molecule is C[C@H](NC(=O)OCc1ccccc1)c1nc2ccc(CCc3ccc4[nH]c([C@H](C)N(Cc5ccccc5)C(=O)O)nc4c3)cc2[nH]1. The second kappa shape index (κ2) is 13.6. The van der Waals surface area contributed by atoms with E-state index in [1.807, 2.05) is 86.6 Å². The molecule has 0 aliphatic heterocycles. The summed E-state index contributed by atoms with van der Waals surface area (Å²) in [6.45, 7) is 4.19. The van der Waals surface area contributed by atoms with Crippen LogP contribution < -0.4 is 5.32 Å². The first-order valence-corrected chi connectivity index (χ1v) is 15.3. The smallest absolute Gasteiger partial charge is 0.408 e. The number of carboxylic acid groups (broad SMARTS) is 1. The highest BCUT2D eigenvalue weighted by molar-refractivity contribution is 5.77. The Labute approximate surface area is 266 Å². The van der Waals surface area contributed by atoms with E-state index in [9.17, 15) is 14.7 Å². The van der Waals surface area contributed by atoms with Crippen molar-refractivity contribution in [3.05, 3.63) is 131 Å². The van der Waals surface area contributed by atoms with Crippen molar-refractivity contribution < 1.29 is 19.4 Å². The molecule has 0 saturated heterocycles. The molecule has 0 saturated carbocycles. The molecule has 6 rings (SSSR count). The van der Waals surface area contributed by atoms with Crippen molar-refractivity contribution in [1.29, 1.82) is 0 Å². The molecular weight excluding hydrogens is 580 g/mol. The van der Waals surface area contributed by atoms with Gasteiger partial charge in [-0.25, -0.2) is 19.6 Å². The third-order valence-corrected chi connectivity index (χ3v) is 8.09. The molecule has 4 N–H and O–H groups in total. The van der Waals surface area contributed by atoms with E-state index in [1.54, 1.807) is 0 Å². The minimum Gasteiger partial charge on any atom is -0.465 e. The number of hydrogen-bond acceptors (Lipinski definition) is 5. The summed E-state index contributed by atoms with van der Waals surface area (Å²) in [4.78, 5) is 41.9. The van der Waals surface area contributed by atoms with Gasteiger partial charge in [0.15, 0.2) is 0 Å².